The van der Waals surface area contributed by atoms with Gasteiger partial charge in [-0.3, -0.25) is 25.0 Å². The number of fused-ring (bicyclic) bond motifs is 2. The van der Waals surface area contributed by atoms with E-state index >= 15 is 0 Å². The Morgan fingerprint density at radius 3 is 2.62 bits per heavy atom. The van der Waals surface area contributed by atoms with Crippen LogP contribution in [0.15, 0.2) is 73.6 Å². The van der Waals surface area contributed by atoms with Gasteiger partial charge in [0.1, 0.15) is 5.69 Å². The Balaban J connectivity index is 1.44. The Kier molecular flexibility index (Phi) is 5.04. The van der Waals surface area contributed by atoms with Crippen molar-refractivity contribution >= 4 is 21.8 Å². The molecule has 0 aliphatic heterocycles. The number of aromatic nitrogens is 7. The number of rotatable bonds is 6. The van der Waals surface area contributed by atoms with Gasteiger partial charge in [-0.2, -0.15) is 5.10 Å². The zero-order valence-corrected chi connectivity index (χ0v) is 18.6. The molecule has 8 nitrogen and oxygen atoms in total. The summed E-state index contributed by atoms with van der Waals surface area (Å²) in [7, 11) is 0. The van der Waals surface area contributed by atoms with E-state index in [0.29, 0.717) is 0 Å². The van der Waals surface area contributed by atoms with Gasteiger partial charge in [-0.15, -0.1) is 0 Å². The molecule has 0 aliphatic carbocycles. The summed E-state index contributed by atoms with van der Waals surface area (Å²) in [6.07, 6.45) is 10.9. The minimum absolute atomic E-state index is 0.777. The number of H-pyrrole nitrogens is 2. The first-order chi connectivity index (χ1) is 16.8. The zero-order valence-electron chi connectivity index (χ0n) is 18.6. The fourth-order valence-electron chi connectivity index (χ4n) is 4.19. The first-order valence-corrected chi connectivity index (χ1v) is 11.2. The minimum atomic E-state index is 0.777. The van der Waals surface area contributed by atoms with Crippen molar-refractivity contribution in [1.29, 1.82) is 0 Å². The van der Waals surface area contributed by atoms with Crippen molar-refractivity contribution in [3.05, 3.63) is 79.1 Å². The van der Waals surface area contributed by atoms with Crippen LogP contribution in [0.1, 0.15) is 12.5 Å². The molecule has 6 heterocycles. The predicted octanol–water partition coefficient (Wildman–Crippen LogP) is 4.73. The molecule has 0 amide bonds. The number of nitrogens with zero attached hydrogens (tertiary/aromatic N) is 5. The normalized spacial score (nSPS) is 11.4. The third-order valence-electron chi connectivity index (χ3n) is 5.86. The van der Waals surface area contributed by atoms with Crippen molar-refractivity contribution < 1.29 is 0 Å². The molecule has 0 saturated heterocycles. The molecule has 6 aromatic heterocycles. The molecule has 0 fully saturated rings. The van der Waals surface area contributed by atoms with Gasteiger partial charge in [-0.05, 0) is 48.5 Å². The standard InChI is InChI=1S/C26H22N8/c1-2-27-11-16-8-18(14-29-12-16)22-9-20-24(15-31-22)33-34-26(20)23-10-19-21(32-23)5-7-30-25(19)17-4-3-6-28-13-17/h3-10,12-15,27,32H,2,11H2,1H3,(H,33,34). The van der Waals surface area contributed by atoms with Gasteiger partial charge in [0.2, 0.25) is 0 Å². The van der Waals surface area contributed by atoms with E-state index in [1.807, 2.05) is 49.2 Å². The highest BCUT2D eigenvalue weighted by Gasteiger charge is 2.15. The summed E-state index contributed by atoms with van der Waals surface area (Å²) in [5, 5.41) is 13.1. The van der Waals surface area contributed by atoms with Crippen LogP contribution in [-0.4, -0.2) is 41.7 Å². The quantitative estimate of drug-likeness (QED) is 0.341. The SMILES string of the molecule is CCNCc1cncc(-c2cc3c(-c4cc5c(-c6cccnc6)nccc5[nH]4)n[nH]c3cn2)c1. The lowest BCUT2D eigenvalue weighted by molar-refractivity contribution is 0.724. The second-order valence-corrected chi connectivity index (χ2v) is 8.10. The topological polar surface area (TPSA) is 108 Å². The molecule has 0 aliphatic rings. The first kappa shape index (κ1) is 20.2. The Morgan fingerprint density at radius 1 is 0.824 bits per heavy atom. The molecule has 3 N–H and O–H groups in total. The second-order valence-electron chi connectivity index (χ2n) is 8.10. The summed E-state index contributed by atoms with van der Waals surface area (Å²) in [5.74, 6) is 0. The maximum Gasteiger partial charge on any atom is 0.116 e. The lowest BCUT2D eigenvalue weighted by Gasteiger charge is -2.05. The molecule has 0 unspecified atom stereocenters. The summed E-state index contributed by atoms with van der Waals surface area (Å²) in [4.78, 5) is 21.4. The molecule has 0 radical (unpaired) electrons. The van der Waals surface area contributed by atoms with E-state index in [9.17, 15) is 0 Å². The highest BCUT2D eigenvalue weighted by molar-refractivity contribution is 6.00. The van der Waals surface area contributed by atoms with Gasteiger partial charge in [0, 0.05) is 64.9 Å². The summed E-state index contributed by atoms with van der Waals surface area (Å²) < 4.78 is 0. The zero-order chi connectivity index (χ0) is 22.9. The van der Waals surface area contributed by atoms with Crippen LogP contribution >= 0.6 is 0 Å². The molecule has 0 bridgehead atoms. The molecule has 8 heteroatoms. The van der Waals surface area contributed by atoms with Crippen molar-refractivity contribution in [2.45, 2.75) is 13.5 Å². The fourth-order valence-corrected chi connectivity index (χ4v) is 4.19. The highest BCUT2D eigenvalue weighted by Crippen LogP contribution is 2.33. The third kappa shape index (κ3) is 3.60. The van der Waals surface area contributed by atoms with Crippen molar-refractivity contribution in [3.63, 3.8) is 0 Å². The Morgan fingerprint density at radius 2 is 1.74 bits per heavy atom. The second kappa shape index (κ2) is 8.49. The van der Waals surface area contributed by atoms with Crippen molar-refractivity contribution in [2.75, 3.05) is 6.54 Å². The predicted molar refractivity (Wildman–Crippen MR) is 133 cm³/mol. The summed E-state index contributed by atoms with van der Waals surface area (Å²) in [6, 6.07) is 12.2. The van der Waals surface area contributed by atoms with Crippen LogP contribution in [0.25, 0.3) is 55.7 Å². The molecule has 34 heavy (non-hydrogen) atoms. The molecule has 0 saturated carbocycles. The smallest absolute Gasteiger partial charge is 0.116 e. The van der Waals surface area contributed by atoms with Gasteiger partial charge in [0.25, 0.3) is 0 Å². The maximum absolute atomic E-state index is 4.64. The van der Waals surface area contributed by atoms with E-state index in [-0.39, 0.29) is 0 Å². The lowest BCUT2D eigenvalue weighted by Crippen LogP contribution is -2.11. The number of pyridine rings is 4. The first-order valence-electron chi connectivity index (χ1n) is 11.2. The number of hydrogen-bond acceptors (Lipinski definition) is 6. The average Bonchev–Trinajstić information content (AvgIpc) is 3.51. The molecule has 166 valence electrons. The Labute approximate surface area is 195 Å². The fraction of sp³-hybridized carbons (Fsp3) is 0.115. The molecule has 6 aromatic rings. The molecule has 0 aromatic carbocycles. The summed E-state index contributed by atoms with van der Waals surface area (Å²) in [6.45, 7) is 3.78. The van der Waals surface area contributed by atoms with E-state index in [1.54, 1.807) is 6.20 Å². The number of hydrogen-bond donors (Lipinski definition) is 3. The van der Waals surface area contributed by atoms with Crippen molar-refractivity contribution in [2.24, 2.45) is 0 Å². The van der Waals surface area contributed by atoms with Crippen LogP contribution in [0.4, 0.5) is 0 Å². The average molecular weight is 447 g/mol. The van der Waals surface area contributed by atoms with Crippen LogP contribution < -0.4 is 5.32 Å². The number of nitrogens with one attached hydrogen (secondary N) is 3. The van der Waals surface area contributed by atoms with Crippen LogP contribution in [0.3, 0.4) is 0 Å². The molecular weight excluding hydrogens is 424 g/mol. The van der Waals surface area contributed by atoms with Gasteiger partial charge in [0.15, 0.2) is 0 Å². The highest BCUT2D eigenvalue weighted by atomic mass is 15.1. The summed E-state index contributed by atoms with van der Waals surface area (Å²) >= 11 is 0. The van der Waals surface area contributed by atoms with Gasteiger partial charge < -0.3 is 10.3 Å². The minimum Gasteiger partial charge on any atom is -0.353 e. The molecular formula is C26H22N8. The van der Waals surface area contributed by atoms with Crippen LogP contribution in [0.5, 0.6) is 0 Å². The van der Waals surface area contributed by atoms with Gasteiger partial charge in [-0.1, -0.05) is 6.92 Å². The summed E-state index contributed by atoms with van der Waals surface area (Å²) in [5.41, 5.74) is 8.44. The van der Waals surface area contributed by atoms with E-state index in [0.717, 1.165) is 74.4 Å². The third-order valence-corrected chi connectivity index (χ3v) is 5.86. The van der Waals surface area contributed by atoms with E-state index in [2.05, 4.69) is 65.6 Å². The van der Waals surface area contributed by atoms with Crippen LogP contribution in [0, 0.1) is 0 Å². The molecule has 6 rings (SSSR count). The van der Waals surface area contributed by atoms with Gasteiger partial charge in [0.05, 0.1) is 28.8 Å². The maximum atomic E-state index is 4.64. The van der Waals surface area contributed by atoms with E-state index in [4.69, 9.17) is 0 Å². The Bertz CT molecular complexity index is 1600. The monoisotopic (exact) mass is 446 g/mol. The molecule has 0 atom stereocenters. The lowest BCUT2D eigenvalue weighted by atomic mass is 10.1. The van der Waals surface area contributed by atoms with Gasteiger partial charge in [-0.25, -0.2) is 0 Å². The largest absolute Gasteiger partial charge is 0.353 e. The van der Waals surface area contributed by atoms with Crippen LogP contribution in [-0.2, 0) is 6.54 Å². The Hall–Kier alpha value is -4.43. The number of aromatic amines is 2. The van der Waals surface area contributed by atoms with Crippen molar-refractivity contribution in [3.8, 4) is 33.9 Å². The van der Waals surface area contributed by atoms with Gasteiger partial charge >= 0.3 is 0 Å². The van der Waals surface area contributed by atoms with E-state index in [1.165, 1.54) is 0 Å². The van der Waals surface area contributed by atoms with E-state index < -0.39 is 0 Å². The van der Waals surface area contributed by atoms with Crippen molar-refractivity contribution in [1.82, 2.24) is 40.4 Å². The molecule has 0 spiro atoms. The van der Waals surface area contributed by atoms with Crippen LogP contribution in [0.2, 0.25) is 0 Å².